The maximum absolute atomic E-state index is 5.82. The number of rotatable bonds is 3. The van der Waals surface area contributed by atoms with E-state index in [2.05, 4.69) is 31.3 Å². The molecule has 19 heavy (non-hydrogen) atoms. The lowest BCUT2D eigenvalue weighted by Crippen LogP contribution is -2.31. The van der Waals surface area contributed by atoms with Gasteiger partial charge in [0.25, 0.3) is 0 Å². The number of fused-ring (bicyclic) bond motifs is 1. The second-order valence-electron chi connectivity index (χ2n) is 5.30. The van der Waals surface area contributed by atoms with Gasteiger partial charge in [-0.2, -0.15) is 4.98 Å². The van der Waals surface area contributed by atoms with Crippen LogP contribution in [0.4, 0.5) is 5.95 Å². The molecule has 2 atom stereocenters. The van der Waals surface area contributed by atoms with Crippen molar-refractivity contribution >= 4 is 27.5 Å². The molecule has 4 rings (SSSR count). The Morgan fingerprint density at radius 2 is 2.21 bits per heavy atom. The van der Waals surface area contributed by atoms with Crippen LogP contribution in [0, 0.1) is 5.92 Å². The van der Waals surface area contributed by atoms with Crippen LogP contribution in [0.2, 0.25) is 0 Å². The van der Waals surface area contributed by atoms with Gasteiger partial charge in [0.2, 0.25) is 5.95 Å². The fourth-order valence-electron chi connectivity index (χ4n) is 2.74. The standard InChI is InChI=1S/C13H15BrN4O/c14-9-3-4-11-16-13(17-18(11)7-9)15-10-5-6-19-12(10)8-1-2-8/h3-4,7-8,10,12H,1-2,5-6H2,(H,15,17). The minimum Gasteiger partial charge on any atom is -0.376 e. The van der Waals surface area contributed by atoms with Gasteiger partial charge in [-0.05, 0) is 53.2 Å². The van der Waals surface area contributed by atoms with Crippen molar-refractivity contribution in [3.8, 4) is 0 Å². The molecule has 1 N–H and O–H groups in total. The highest BCUT2D eigenvalue weighted by atomic mass is 79.9. The third kappa shape index (κ3) is 2.23. The van der Waals surface area contributed by atoms with Gasteiger partial charge in [0, 0.05) is 17.3 Å². The molecule has 2 unspecified atom stereocenters. The quantitative estimate of drug-likeness (QED) is 0.943. The summed E-state index contributed by atoms with van der Waals surface area (Å²) >= 11 is 3.44. The summed E-state index contributed by atoms with van der Waals surface area (Å²) < 4.78 is 8.61. The molecular weight excluding hydrogens is 308 g/mol. The van der Waals surface area contributed by atoms with Crippen LogP contribution in [0.25, 0.3) is 5.65 Å². The zero-order valence-corrected chi connectivity index (χ0v) is 12.0. The highest BCUT2D eigenvalue weighted by molar-refractivity contribution is 9.10. The van der Waals surface area contributed by atoms with Crippen LogP contribution in [0.15, 0.2) is 22.8 Å². The summed E-state index contributed by atoms with van der Waals surface area (Å²) in [6, 6.07) is 4.28. The average Bonchev–Trinajstić information content (AvgIpc) is 3.00. The Kier molecular flexibility index (Phi) is 2.73. The van der Waals surface area contributed by atoms with E-state index in [9.17, 15) is 0 Å². The van der Waals surface area contributed by atoms with Gasteiger partial charge in [0.05, 0.1) is 12.1 Å². The molecule has 100 valence electrons. The molecule has 0 bridgehead atoms. The van der Waals surface area contributed by atoms with Gasteiger partial charge < -0.3 is 10.1 Å². The largest absolute Gasteiger partial charge is 0.376 e. The summed E-state index contributed by atoms with van der Waals surface area (Å²) in [4.78, 5) is 4.50. The maximum Gasteiger partial charge on any atom is 0.243 e. The zero-order valence-electron chi connectivity index (χ0n) is 10.4. The predicted octanol–water partition coefficient (Wildman–Crippen LogP) is 2.47. The maximum atomic E-state index is 5.82. The molecule has 2 aliphatic rings. The van der Waals surface area contributed by atoms with E-state index in [1.54, 1.807) is 4.52 Å². The molecule has 1 saturated heterocycles. The average molecular weight is 323 g/mol. The number of aromatic nitrogens is 3. The summed E-state index contributed by atoms with van der Waals surface area (Å²) in [5.41, 5.74) is 0.854. The van der Waals surface area contributed by atoms with Crippen molar-refractivity contribution in [2.24, 2.45) is 5.92 Å². The molecule has 2 fully saturated rings. The highest BCUT2D eigenvalue weighted by Crippen LogP contribution is 2.39. The summed E-state index contributed by atoms with van der Waals surface area (Å²) in [7, 11) is 0. The second kappa shape index (κ2) is 4.45. The number of anilines is 1. The first kappa shape index (κ1) is 11.7. The minimum absolute atomic E-state index is 0.346. The van der Waals surface area contributed by atoms with Gasteiger partial charge >= 0.3 is 0 Å². The molecule has 1 aliphatic carbocycles. The van der Waals surface area contributed by atoms with E-state index in [0.29, 0.717) is 18.1 Å². The Morgan fingerprint density at radius 1 is 1.32 bits per heavy atom. The van der Waals surface area contributed by atoms with Crippen molar-refractivity contribution in [3.63, 3.8) is 0 Å². The first-order valence-corrected chi connectivity index (χ1v) is 7.49. The highest BCUT2D eigenvalue weighted by Gasteiger charge is 2.40. The van der Waals surface area contributed by atoms with Crippen molar-refractivity contribution in [1.29, 1.82) is 0 Å². The lowest BCUT2D eigenvalue weighted by Gasteiger charge is -2.18. The normalized spacial score (nSPS) is 27.0. The van der Waals surface area contributed by atoms with Crippen LogP contribution in [-0.4, -0.2) is 33.4 Å². The molecule has 0 spiro atoms. The number of hydrogen-bond donors (Lipinski definition) is 1. The Bertz CT molecular complexity index is 610. The summed E-state index contributed by atoms with van der Waals surface area (Å²) in [6.07, 6.45) is 5.90. The van der Waals surface area contributed by atoms with Crippen LogP contribution < -0.4 is 5.32 Å². The van der Waals surface area contributed by atoms with Gasteiger partial charge in [0.15, 0.2) is 5.65 Å². The van der Waals surface area contributed by atoms with Crippen LogP contribution in [0.3, 0.4) is 0 Å². The molecule has 1 saturated carbocycles. The minimum atomic E-state index is 0.346. The second-order valence-corrected chi connectivity index (χ2v) is 6.21. The summed E-state index contributed by atoms with van der Waals surface area (Å²) in [6.45, 7) is 0.845. The van der Waals surface area contributed by atoms with E-state index in [1.165, 1.54) is 12.8 Å². The number of halogens is 1. The first-order valence-electron chi connectivity index (χ1n) is 6.70. The van der Waals surface area contributed by atoms with Crippen LogP contribution in [0.5, 0.6) is 0 Å². The Labute approximate surface area is 119 Å². The molecule has 1 aliphatic heterocycles. The van der Waals surface area contributed by atoms with Crippen molar-refractivity contribution in [1.82, 2.24) is 14.6 Å². The van der Waals surface area contributed by atoms with Gasteiger partial charge in [-0.3, -0.25) is 0 Å². The Hall–Kier alpha value is -1.14. The smallest absolute Gasteiger partial charge is 0.243 e. The van der Waals surface area contributed by atoms with E-state index in [4.69, 9.17) is 4.74 Å². The zero-order chi connectivity index (χ0) is 12.8. The van der Waals surface area contributed by atoms with Gasteiger partial charge in [-0.15, -0.1) is 5.10 Å². The monoisotopic (exact) mass is 322 g/mol. The molecule has 0 amide bonds. The van der Waals surface area contributed by atoms with Gasteiger partial charge in [-0.1, -0.05) is 0 Å². The van der Waals surface area contributed by atoms with E-state index in [0.717, 1.165) is 29.1 Å². The fraction of sp³-hybridized carbons (Fsp3) is 0.538. The number of ether oxygens (including phenoxy) is 1. The van der Waals surface area contributed by atoms with Crippen molar-refractivity contribution < 1.29 is 4.74 Å². The first-order chi connectivity index (χ1) is 9.29. The van der Waals surface area contributed by atoms with E-state index < -0.39 is 0 Å². The van der Waals surface area contributed by atoms with Gasteiger partial charge in [0.1, 0.15) is 0 Å². The van der Waals surface area contributed by atoms with E-state index in [-0.39, 0.29) is 0 Å². The number of pyridine rings is 1. The molecule has 2 aromatic heterocycles. The van der Waals surface area contributed by atoms with Crippen molar-refractivity contribution in [2.75, 3.05) is 11.9 Å². The Balaban J connectivity index is 1.57. The molecule has 2 aromatic rings. The topological polar surface area (TPSA) is 51.5 Å². The number of nitrogens with zero attached hydrogens (tertiary/aromatic N) is 3. The molecule has 0 radical (unpaired) electrons. The molecule has 3 heterocycles. The SMILES string of the molecule is Brc1ccc2nc(NC3CCOC3C3CC3)nn2c1. The molecule has 6 heteroatoms. The van der Waals surface area contributed by atoms with Crippen molar-refractivity contribution in [2.45, 2.75) is 31.4 Å². The lowest BCUT2D eigenvalue weighted by molar-refractivity contribution is 0.0897. The van der Waals surface area contributed by atoms with E-state index >= 15 is 0 Å². The molecular formula is C13H15BrN4O. The summed E-state index contributed by atoms with van der Waals surface area (Å²) in [5, 5.41) is 7.90. The number of hydrogen-bond acceptors (Lipinski definition) is 4. The van der Waals surface area contributed by atoms with Crippen LogP contribution in [-0.2, 0) is 4.74 Å². The lowest BCUT2D eigenvalue weighted by atomic mass is 10.1. The van der Waals surface area contributed by atoms with E-state index in [1.807, 2.05) is 18.3 Å². The Morgan fingerprint density at radius 3 is 3.05 bits per heavy atom. The molecule has 5 nitrogen and oxygen atoms in total. The number of nitrogens with one attached hydrogen (secondary N) is 1. The third-order valence-electron chi connectivity index (χ3n) is 3.83. The summed E-state index contributed by atoms with van der Waals surface area (Å²) in [5.74, 6) is 1.44. The predicted molar refractivity (Wildman–Crippen MR) is 75.2 cm³/mol. The van der Waals surface area contributed by atoms with Crippen LogP contribution >= 0.6 is 15.9 Å². The van der Waals surface area contributed by atoms with Crippen LogP contribution in [0.1, 0.15) is 19.3 Å². The van der Waals surface area contributed by atoms with Crippen molar-refractivity contribution in [3.05, 3.63) is 22.8 Å². The third-order valence-corrected chi connectivity index (χ3v) is 4.30. The fourth-order valence-corrected chi connectivity index (χ4v) is 3.07. The van der Waals surface area contributed by atoms with Gasteiger partial charge in [-0.25, -0.2) is 4.52 Å². The molecule has 0 aromatic carbocycles.